The predicted molar refractivity (Wildman–Crippen MR) is 63.9 cm³/mol. The fourth-order valence-electron chi connectivity index (χ4n) is 2.95. The summed E-state index contributed by atoms with van der Waals surface area (Å²) in [5.74, 6) is 0.460. The number of hydrogen-bond donors (Lipinski definition) is 0. The van der Waals surface area contributed by atoms with Crippen molar-refractivity contribution in [2.45, 2.75) is 77.9 Å². The summed E-state index contributed by atoms with van der Waals surface area (Å²) in [5.41, 5.74) is 0. The van der Waals surface area contributed by atoms with Crippen LogP contribution >= 0.6 is 0 Å². The average molecular weight is 233 g/mol. The van der Waals surface area contributed by atoms with Crippen molar-refractivity contribution in [1.29, 1.82) is 0 Å². The lowest BCUT2D eigenvalue weighted by atomic mass is 9.96. The largest absolute Gasteiger partial charge is 0.289 e. The molecule has 0 amide bonds. The molecule has 16 heavy (non-hydrogen) atoms. The van der Waals surface area contributed by atoms with Gasteiger partial charge in [0.25, 0.3) is 6.43 Å². The van der Waals surface area contributed by atoms with E-state index in [9.17, 15) is 8.78 Å². The Kier molecular flexibility index (Phi) is 5.16. The first-order chi connectivity index (χ1) is 7.45. The molecule has 1 nitrogen and oxygen atoms in total. The highest BCUT2D eigenvalue weighted by atomic mass is 19.3. The van der Waals surface area contributed by atoms with E-state index >= 15 is 0 Å². The molecule has 1 aliphatic heterocycles. The van der Waals surface area contributed by atoms with E-state index in [2.05, 4.69) is 18.7 Å². The Morgan fingerprint density at radius 3 is 1.81 bits per heavy atom. The summed E-state index contributed by atoms with van der Waals surface area (Å²) in [7, 11) is 0. The van der Waals surface area contributed by atoms with Gasteiger partial charge in [0.1, 0.15) is 0 Å². The molecule has 3 heteroatoms. The molecule has 0 bridgehead atoms. The van der Waals surface area contributed by atoms with E-state index in [1.807, 2.05) is 13.8 Å². The maximum atomic E-state index is 13.1. The number of alkyl halides is 2. The van der Waals surface area contributed by atoms with Crippen molar-refractivity contribution in [3.05, 3.63) is 0 Å². The van der Waals surface area contributed by atoms with Crippen LogP contribution < -0.4 is 0 Å². The van der Waals surface area contributed by atoms with Crippen LogP contribution in [0.2, 0.25) is 0 Å². The number of likely N-dealkylation sites (tertiary alicyclic amines) is 1. The van der Waals surface area contributed by atoms with Gasteiger partial charge in [0.05, 0.1) is 6.04 Å². The van der Waals surface area contributed by atoms with E-state index in [4.69, 9.17) is 0 Å². The zero-order valence-corrected chi connectivity index (χ0v) is 10.9. The number of nitrogens with zero attached hydrogens (tertiary/aromatic N) is 1. The van der Waals surface area contributed by atoms with Crippen LogP contribution in [0, 0.1) is 5.92 Å². The van der Waals surface area contributed by atoms with Gasteiger partial charge in [0, 0.05) is 12.1 Å². The normalized spacial score (nSPS) is 29.1. The SMILES string of the molecule is CC(C)C1CCCCC(C(F)F)N1C(C)C. The van der Waals surface area contributed by atoms with Crippen LogP contribution in [0.1, 0.15) is 53.4 Å². The molecule has 0 aliphatic carbocycles. The minimum atomic E-state index is -2.21. The van der Waals surface area contributed by atoms with Gasteiger partial charge in [-0.25, -0.2) is 8.78 Å². The zero-order chi connectivity index (χ0) is 12.3. The van der Waals surface area contributed by atoms with Gasteiger partial charge in [-0.2, -0.15) is 0 Å². The molecule has 0 spiro atoms. The quantitative estimate of drug-likeness (QED) is 0.714. The van der Waals surface area contributed by atoms with Crippen molar-refractivity contribution in [1.82, 2.24) is 4.90 Å². The Labute approximate surface area is 98.2 Å². The summed E-state index contributed by atoms with van der Waals surface area (Å²) in [6, 6.07) is 0.000833. The highest BCUT2D eigenvalue weighted by molar-refractivity contribution is 4.87. The molecule has 0 aromatic carbocycles. The first kappa shape index (κ1) is 13.9. The molecule has 1 heterocycles. The highest BCUT2D eigenvalue weighted by Gasteiger charge is 2.36. The fourth-order valence-corrected chi connectivity index (χ4v) is 2.95. The monoisotopic (exact) mass is 233 g/mol. The van der Waals surface area contributed by atoms with Crippen molar-refractivity contribution < 1.29 is 8.78 Å². The summed E-state index contributed by atoms with van der Waals surface area (Å²) >= 11 is 0. The molecule has 96 valence electrons. The Bertz CT molecular complexity index is 186. The second-order valence-corrected chi connectivity index (χ2v) is 5.54. The molecule has 1 fully saturated rings. The van der Waals surface area contributed by atoms with Gasteiger partial charge in [-0.05, 0) is 32.6 Å². The van der Waals surface area contributed by atoms with Crippen LogP contribution in [-0.2, 0) is 0 Å². The number of hydrogen-bond acceptors (Lipinski definition) is 1. The summed E-state index contributed by atoms with van der Waals surface area (Å²) < 4.78 is 26.2. The minimum absolute atomic E-state index is 0.212. The maximum absolute atomic E-state index is 13.1. The van der Waals surface area contributed by atoms with Gasteiger partial charge >= 0.3 is 0 Å². The first-order valence-corrected chi connectivity index (χ1v) is 6.50. The molecular weight excluding hydrogens is 208 g/mol. The lowest BCUT2D eigenvalue weighted by Crippen LogP contribution is -2.51. The zero-order valence-electron chi connectivity index (χ0n) is 10.9. The van der Waals surface area contributed by atoms with Gasteiger partial charge in [0.15, 0.2) is 0 Å². The molecule has 0 radical (unpaired) electrons. The van der Waals surface area contributed by atoms with Crippen LogP contribution in [0.25, 0.3) is 0 Å². The third-order valence-corrected chi connectivity index (χ3v) is 3.67. The molecule has 2 atom stereocenters. The summed E-state index contributed by atoms with van der Waals surface area (Å²) in [6.45, 7) is 8.37. The van der Waals surface area contributed by atoms with Crippen molar-refractivity contribution in [3.8, 4) is 0 Å². The van der Waals surface area contributed by atoms with Gasteiger partial charge in [-0.3, -0.25) is 4.90 Å². The third-order valence-electron chi connectivity index (χ3n) is 3.67. The molecule has 1 rings (SSSR count). The van der Waals surface area contributed by atoms with E-state index in [1.54, 1.807) is 0 Å². The van der Waals surface area contributed by atoms with Crippen LogP contribution in [0.5, 0.6) is 0 Å². The van der Waals surface area contributed by atoms with Crippen LogP contribution in [-0.4, -0.2) is 29.5 Å². The van der Waals surface area contributed by atoms with Crippen LogP contribution in [0.3, 0.4) is 0 Å². The lowest BCUT2D eigenvalue weighted by Gasteiger charge is -2.41. The standard InChI is InChI=1S/C13H25F2N/c1-9(2)11-7-5-6-8-12(13(14)15)16(11)10(3)4/h9-13H,5-8H2,1-4H3. The second kappa shape index (κ2) is 5.95. The average Bonchev–Trinajstić information content (AvgIpc) is 2.38. The molecule has 0 aromatic rings. The van der Waals surface area contributed by atoms with Gasteiger partial charge in [-0.1, -0.05) is 26.7 Å². The first-order valence-electron chi connectivity index (χ1n) is 6.50. The lowest BCUT2D eigenvalue weighted by molar-refractivity contribution is -0.0237. The smallest absolute Gasteiger partial charge is 0.253 e. The second-order valence-electron chi connectivity index (χ2n) is 5.54. The maximum Gasteiger partial charge on any atom is 0.253 e. The summed E-state index contributed by atoms with van der Waals surface area (Å²) in [5, 5.41) is 0. The van der Waals surface area contributed by atoms with E-state index in [-0.39, 0.29) is 6.04 Å². The number of halogens is 2. The third kappa shape index (κ3) is 3.16. The fraction of sp³-hybridized carbons (Fsp3) is 1.00. The highest BCUT2D eigenvalue weighted by Crippen LogP contribution is 2.31. The molecule has 1 aliphatic rings. The van der Waals surface area contributed by atoms with Crippen LogP contribution in [0.15, 0.2) is 0 Å². The van der Waals surface area contributed by atoms with Crippen LogP contribution in [0.4, 0.5) is 8.78 Å². The van der Waals surface area contributed by atoms with Gasteiger partial charge < -0.3 is 0 Å². The Morgan fingerprint density at radius 2 is 1.44 bits per heavy atom. The predicted octanol–water partition coefficient (Wildman–Crippen LogP) is 3.93. The van der Waals surface area contributed by atoms with Gasteiger partial charge in [-0.15, -0.1) is 0 Å². The minimum Gasteiger partial charge on any atom is -0.289 e. The van der Waals surface area contributed by atoms with Crippen molar-refractivity contribution in [3.63, 3.8) is 0 Å². The van der Waals surface area contributed by atoms with E-state index in [0.717, 1.165) is 19.3 Å². The van der Waals surface area contributed by atoms with E-state index in [0.29, 0.717) is 18.4 Å². The topological polar surface area (TPSA) is 3.24 Å². The Balaban J connectivity index is 2.89. The van der Waals surface area contributed by atoms with E-state index < -0.39 is 12.5 Å². The Morgan fingerprint density at radius 1 is 0.938 bits per heavy atom. The van der Waals surface area contributed by atoms with Crippen molar-refractivity contribution >= 4 is 0 Å². The summed E-state index contributed by atoms with van der Waals surface area (Å²) in [4.78, 5) is 2.07. The molecule has 1 saturated heterocycles. The van der Waals surface area contributed by atoms with Crippen molar-refractivity contribution in [2.24, 2.45) is 5.92 Å². The molecule has 0 N–H and O–H groups in total. The molecule has 2 unspecified atom stereocenters. The Hall–Kier alpha value is -0.180. The molecular formula is C13H25F2N. The van der Waals surface area contributed by atoms with Gasteiger partial charge in [0.2, 0.25) is 0 Å². The molecule has 0 aromatic heterocycles. The van der Waals surface area contributed by atoms with E-state index in [1.165, 1.54) is 0 Å². The summed E-state index contributed by atoms with van der Waals surface area (Å²) in [6.07, 6.45) is 1.55. The number of rotatable bonds is 3. The van der Waals surface area contributed by atoms with Crippen molar-refractivity contribution in [2.75, 3.05) is 0 Å². The molecule has 0 saturated carbocycles.